The van der Waals surface area contributed by atoms with E-state index < -0.39 is 6.17 Å². The molecular weight excluding hydrogens is 685 g/mol. The molecule has 0 saturated carbocycles. The average Bonchev–Trinajstić information content (AvgIpc) is 3.83. The zero-order valence-electron chi connectivity index (χ0n) is 30.3. The molecule has 10 aromatic rings. The number of nitrogens with zero attached hydrogens (tertiary/aromatic N) is 3. The van der Waals surface area contributed by atoms with E-state index in [2.05, 4.69) is 186 Å². The fraction of sp³-hybridized carbons (Fsp3) is 0.0196. The standard InChI is InChI=1S/C51H34N4O/c1-5-15-33(16-6-1)37-29-38(34-17-7-2-8-18-34)31-39(30-37)51-53-49(35-19-9-3-10-20-35)52-50(54-51)36-25-27-45-43(32-36)47-46(56-45)28-26-42-41-23-13-14-24-44(41)55(48(42)47)40-21-11-4-12-22-40/h1-32,50H,(H,52,53,54). The molecule has 8 aromatic carbocycles. The van der Waals surface area contributed by atoms with Gasteiger partial charge in [-0.1, -0.05) is 133 Å². The van der Waals surface area contributed by atoms with Gasteiger partial charge in [-0.2, -0.15) is 0 Å². The van der Waals surface area contributed by atoms with Crippen LogP contribution in [0, 0.1) is 0 Å². The van der Waals surface area contributed by atoms with Gasteiger partial charge in [0, 0.05) is 33.0 Å². The molecule has 1 N–H and O–H groups in total. The second-order valence-electron chi connectivity index (χ2n) is 14.2. The monoisotopic (exact) mass is 718 g/mol. The van der Waals surface area contributed by atoms with Crippen molar-refractivity contribution in [2.24, 2.45) is 9.98 Å². The van der Waals surface area contributed by atoms with Crippen LogP contribution in [0.25, 0.3) is 71.7 Å². The fourth-order valence-electron chi connectivity index (χ4n) is 8.19. The summed E-state index contributed by atoms with van der Waals surface area (Å²) in [5, 5.41) is 8.15. The van der Waals surface area contributed by atoms with Gasteiger partial charge in [-0.05, 0) is 88.5 Å². The normalized spacial score (nSPS) is 14.2. The first-order valence-corrected chi connectivity index (χ1v) is 18.9. The van der Waals surface area contributed by atoms with Crippen LogP contribution in [-0.4, -0.2) is 16.2 Å². The first kappa shape index (κ1) is 32.0. The predicted molar refractivity (Wildman–Crippen MR) is 231 cm³/mol. The Morgan fingerprint density at radius 2 is 0.982 bits per heavy atom. The number of nitrogens with one attached hydrogen (secondary N) is 1. The molecule has 11 rings (SSSR count). The summed E-state index contributed by atoms with van der Waals surface area (Å²) in [6.45, 7) is 0. The Morgan fingerprint density at radius 1 is 0.429 bits per heavy atom. The number of para-hydroxylation sites is 2. The highest BCUT2D eigenvalue weighted by molar-refractivity contribution is 6.24. The number of benzene rings is 8. The lowest BCUT2D eigenvalue weighted by Gasteiger charge is -2.23. The summed E-state index contributed by atoms with van der Waals surface area (Å²) in [4.78, 5) is 10.7. The summed E-state index contributed by atoms with van der Waals surface area (Å²) in [6, 6.07) is 68.0. The van der Waals surface area contributed by atoms with Gasteiger partial charge in [-0.3, -0.25) is 0 Å². The van der Waals surface area contributed by atoms with E-state index in [1.165, 1.54) is 10.8 Å². The number of aliphatic imine (C=N–C) groups is 2. The lowest BCUT2D eigenvalue weighted by atomic mass is 9.95. The molecule has 3 heterocycles. The average molecular weight is 719 g/mol. The van der Waals surface area contributed by atoms with E-state index in [0.717, 1.165) is 89.3 Å². The van der Waals surface area contributed by atoms with E-state index in [1.807, 2.05) is 18.2 Å². The maximum atomic E-state index is 6.58. The van der Waals surface area contributed by atoms with Crippen molar-refractivity contribution in [3.63, 3.8) is 0 Å². The van der Waals surface area contributed by atoms with Crippen molar-refractivity contribution in [3.8, 4) is 27.9 Å². The van der Waals surface area contributed by atoms with Crippen LogP contribution < -0.4 is 5.32 Å². The van der Waals surface area contributed by atoms with Gasteiger partial charge in [0.15, 0.2) is 6.17 Å². The molecule has 5 nitrogen and oxygen atoms in total. The summed E-state index contributed by atoms with van der Waals surface area (Å²) in [5.41, 5.74) is 12.6. The molecule has 0 bridgehead atoms. The molecule has 0 saturated heterocycles. The van der Waals surface area contributed by atoms with Gasteiger partial charge in [-0.15, -0.1) is 0 Å². The zero-order valence-corrected chi connectivity index (χ0v) is 30.3. The third-order valence-electron chi connectivity index (χ3n) is 10.8. The van der Waals surface area contributed by atoms with E-state index in [4.69, 9.17) is 14.4 Å². The second-order valence-corrected chi connectivity index (χ2v) is 14.2. The SMILES string of the molecule is c1ccc(C2=NC(c3ccc4oc5ccc6c7ccccc7n(-c7ccccc7)c6c5c4c3)N=C(c3cc(-c4ccccc4)cc(-c4ccccc4)c3)N2)cc1. The smallest absolute Gasteiger partial charge is 0.169 e. The van der Waals surface area contributed by atoms with Crippen LogP contribution in [0.1, 0.15) is 22.9 Å². The second kappa shape index (κ2) is 13.1. The first-order valence-electron chi connectivity index (χ1n) is 18.9. The van der Waals surface area contributed by atoms with Crippen molar-refractivity contribution in [1.82, 2.24) is 9.88 Å². The number of fused-ring (bicyclic) bond motifs is 7. The molecule has 56 heavy (non-hydrogen) atoms. The molecule has 1 atom stereocenters. The van der Waals surface area contributed by atoms with Crippen LogP contribution in [0.4, 0.5) is 0 Å². The topological polar surface area (TPSA) is 54.8 Å². The van der Waals surface area contributed by atoms with Crippen LogP contribution in [0.3, 0.4) is 0 Å². The molecule has 1 aliphatic heterocycles. The van der Waals surface area contributed by atoms with Gasteiger partial charge in [0.25, 0.3) is 0 Å². The quantitative estimate of drug-likeness (QED) is 0.186. The molecule has 1 unspecified atom stereocenters. The van der Waals surface area contributed by atoms with Crippen molar-refractivity contribution in [2.45, 2.75) is 6.17 Å². The number of hydrogen-bond donors (Lipinski definition) is 1. The summed E-state index contributed by atoms with van der Waals surface area (Å²) in [5.74, 6) is 1.54. The molecule has 0 amide bonds. The third kappa shape index (κ3) is 5.40. The van der Waals surface area contributed by atoms with Crippen LogP contribution in [-0.2, 0) is 0 Å². The molecule has 2 aromatic heterocycles. The van der Waals surface area contributed by atoms with Crippen LogP contribution in [0.15, 0.2) is 209 Å². The number of rotatable bonds is 6. The minimum atomic E-state index is -0.504. The van der Waals surface area contributed by atoms with E-state index in [1.54, 1.807) is 0 Å². The molecule has 0 fully saturated rings. The van der Waals surface area contributed by atoms with Crippen molar-refractivity contribution in [1.29, 1.82) is 0 Å². The lowest BCUT2D eigenvalue weighted by molar-refractivity contribution is 0.668. The Bertz CT molecular complexity index is 3090. The number of amidine groups is 2. The van der Waals surface area contributed by atoms with Gasteiger partial charge in [0.1, 0.15) is 22.8 Å². The van der Waals surface area contributed by atoms with Gasteiger partial charge in [0.2, 0.25) is 0 Å². The van der Waals surface area contributed by atoms with Gasteiger partial charge in [-0.25, -0.2) is 9.98 Å². The van der Waals surface area contributed by atoms with Crippen molar-refractivity contribution < 1.29 is 4.42 Å². The Morgan fingerprint density at radius 3 is 1.66 bits per heavy atom. The van der Waals surface area contributed by atoms with Gasteiger partial charge >= 0.3 is 0 Å². The van der Waals surface area contributed by atoms with Crippen molar-refractivity contribution >= 4 is 55.4 Å². The Labute approximate surface area is 323 Å². The number of furan rings is 1. The molecular formula is C51H34N4O. The number of aromatic nitrogens is 1. The third-order valence-corrected chi connectivity index (χ3v) is 10.8. The van der Waals surface area contributed by atoms with Crippen LogP contribution >= 0.6 is 0 Å². The highest BCUT2D eigenvalue weighted by Gasteiger charge is 2.24. The maximum Gasteiger partial charge on any atom is 0.169 e. The molecule has 5 heteroatoms. The van der Waals surface area contributed by atoms with Crippen LogP contribution in [0.5, 0.6) is 0 Å². The Balaban J connectivity index is 1.13. The zero-order chi connectivity index (χ0) is 37.0. The van der Waals surface area contributed by atoms with Gasteiger partial charge in [0.05, 0.1) is 16.4 Å². The van der Waals surface area contributed by atoms with E-state index in [-0.39, 0.29) is 0 Å². The van der Waals surface area contributed by atoms with Crippen molar-refractivity contribution in [3.05, 3.63) is 211 Å². The lowest BCUT2D eigenvalue weighted by Crippen LogP contribution is -2.36. The fourth-order valence-corrected chi connectivity index (χ4v) is 8.19. The Kier molecular flexibility index (Phi) is 7.49. The first-order chi connectivity index (χ1) is 27.7. The molecule has 0 aliphatic carbocycles. The maximum absolute atomic E-state index is 6.58. The van der Waals surface area contributed by atoms with Gasteiger partial charge < -0.3 is 14.3 Å². The predicted octanol–water partition coefficient (Wildman–Crippen LogP) is 12.5. The highest BCUT2D eigenvalue weighted by Crippen LogP contribution is 2.42. The molecule has 1 aliphatic rings. The highest BCUT2D eigenvalue weighted by atomic mass is 16.3. The molecule has 0 spiro atoms. The van der Waals surface area contributed by atoms with E-state index in [0.29, 0.717) is 0 Å². The summed E-state index contributed by atoms with van der Waals surface area (Å²) in [6.07, 6.45) is -0.504. The summed E-state index contributed by atoms with van der Waals surface area (Å²) >= 11 is 0. The molecule has 264 valence electrons. The van der Waals surface area contributed by atoms with E-state index in [9.17, 15) is 0 Å². The minimum absolute atomic E-state index is 0.504. The summed E-state index contributed by atoms with van der Waals surface area (Å²) in [7, 11) is 0. The largest absolute Gasteiger partial charge is 0.456 e. The number of hydrogen-bond acceptors (Lipinski definition) is 4. The van der Waals surface area contributed by atoms with Crippen LogP contribution in [0.2, 0.25) is 0 Å². The Hall–Kier alpha value is -7.50. The summed E-state index contributed by atoms with van der Waals surface area (Å²) < 4.78 is 8.95. The minimum Gasteiger partial charge on any atom is -0.456 e. The van der Waals surface area contributed by atoms with Crippen molar-refractivity contribution in [2.75, 3.05) is 0 Å². The molecule has 0 radical (unpaired) electrons. The van der Waals surface area contributed by atoms with E-state index >= 15 is 0 Å².